The highest BCUT2D eigenvalue weighted by molar-refractivity contribution is 7.99. The van der Waals surface area contributed by atoms with Gasteiger partial charge in [0, 0.05) is 28.5 Å². The average molecular weight is 259 g/mol. The van der Waals surface area contributed by atoms with E-state index in [9.17, 15) is 8.78 Å². The lowest BCUT2D eigenvalue weighted by atomic mass is 10.2. The summed E-state index contributed by atoms with van der Waals surface area (Å²) < 4.78 is 31.1. The number of hydrogen-bond donors (Lipinski definition) is 1. The number of hydrogen-bond acceptors (Lipinski definition) is 3. The predicted octanol–water partition coefficient (Wildman–Crippen LogP) is 3.48. The molecule has 1 unspecified atom stereocenters. The molecule has 1 saturated heterocycles. The van der Waals surface area contributed by atoms with E-state index < -0.39 is 6.43 Å². The van der Waals surface area contributed by atoms with E-state index in [1.54, 1.807) is 12.1 Å². The zero-order chi connectivity index (χ0) is 12.3. The summed E-state index contributed by atoms with van der Waals surface area (Å²) in [5, 5.41) is 0. The van der Waals surface area contributed by atoms with Gasteiger partial charge in [0.25, 0.3) is 6.43 Å². The maximum absolute atomic E-state index is 12.8. The second-order valence-corrected chi connectivity index (χ2v) is 5.11. The molecule has 1 aliphatic heterocycles. The van der Waals surface area contributed by atoms with Crippen LogP contribution in [-0.4, -0.2) is 18.5 Å². The van der Waals surface area contributed by atoms with Crippen LogP contribution in [0.1, 0.15) is 24.8 Å². The summed E-state index contributed by atoms with van der Waals surface area (Å²) >= 11 is 1.42. The van der Waals surface area contributed by atoms with Crippen LogP contribution in [0.3, 0.4) is 0 Å². The molecular formula is C12H15F2NOS. The van der Waals surface area contributed by atoms with Gasteiger partial charge in [0.15, 0.2) is 0 Å². The Hall–Kier alpha value is -0.810. The minimum absolute atomic E-state index is 0.0213. The molecule has 2 nitrogen and oxygen atoms in total. The Balaban J connectivity index is 2.03. The van der Waals surface area contributed by atoms with Crippen molar-refractivity contribution in [2.75, 3.05) is 18.1 Å². The highest BCUT2D eigenvalue weighted by Gasteiger charge is 2.18. The van der Waals surface area contributed by atoms with Gasteiger partial charge in [0.1, 0.15) is 0 Å². The SMILES string of the molecule is Nc1ccc(SCC2CCCO2)c(C(F)F)c1. The lowest BCUT2D eigenvalue weighted by molar-refractivity contribution is 0.128. The van der Waals surface area contributed by atoms with Crippen LogP contribution in [-0.2, 0) is 4.74 Å². The Morgan fingerprint density at radius 2 is 2.29 bits per heavy atom. The van der Waals surface area contributed by atoms with Crippen LogP contribution in [0, 0.1) is 0 Å². The highest BCUT2D eigenvalue weighted by Crippen LogP contribution is 2.33. The van der Waals surface area contributed by atoms with Gasteiger partial charge in [-0.05, 0) is 31.0 Å². The van der Waals surface area contributed by atoms with Gasteiger partial charge in [0.2, 0.25) is 0 Å². The first kappa shape index (κ1) is 12.6. The Bertz CT molecular complexity index is 381. The van der Waals surface area contributed by atoms with Crippen LogP contribution in [0.15, 0.2) is 23.1 Å². The summed E-state index contributed by atoms with van der Waals surface area (Å²) in [5.74, 6) is 0.726. The van der Waals surface area contributed by atoms with E-state index in [1.165, 1.54) is 17.8 Å². The van der Waals surface area contributed by atoms with Gasteiger partial charge in [-0.2, -0.15) is 0 Å². The van der Waals surface area contributed by atoms with E-state index in [0.29, 0.717) is 10.6 Å². The number of nitrogen functional groups attached to an aromatic ring is 1. The average Bonchev–Trinajstić information content (AvgIpc) is 2.80. The van der Waals surface area contributed by atoms with Crippen molar-refractivity contribution in [1.29, 1.82) is 0 Å². The molecule has 5 heteroatoms. The van der Waals surface area contributed by atoms with E-state index in [2.05, 4.69) is 0 Å². The topological polar surface area (TPSA) is 35.2 Å². The molecule has 0 spiro atoms. The van der Waals surface area contributed by atoms with E-state index in [-0.39, 0.29) is 11.7 Å². The Kier molecular flexibility index (Phi) is 4.23. The molecule has 1 aromatic carbocycles. The molecule has 0 amide bonds. The number of alkyl halides is 2. The summed E-state index contributed by atoms with van der Waals surface area (Å²) in [7, 11) is 0. The zero-order valence-corrected chi connectivity index (χ0v) is 10.2. The molecule has 0 aromatic heterocycles. The summed E-state index contributed by atoms with van der Waals surface area (Å²) in [6.45, 7) is 0.786. The lowest BCUT2D eigenvalue weighted by Crippen LogP contribution is -2.08. The Morgan fingerprint density at radius 3 is 2.94 bits per heavy atom. The van der Waals surface area contributed by atoms with Gasteiger partial charge in [-0.25, -0.2) is 8.78 Å². The molecule has 2 rings (SSSR count). The molecular weight excluding hydrogens is 244 g/mol. The van der Waals surface area contributed by atoms with Crippen LogP contribution in [0.2, 0.25) is 0 Å². The Morgan fingerprint density at radius 1 is 1.47 bits per heavy atom. The van der Waals surface area contributed by atoms with E-state index in [4.69, 9.17) is 10.5 Å². The van der Waals surface area contributed by atoms with Gasteiger partial charge in [-0.1, -0.05) is 0 Å². The molecule has 2 N–H and O–H groups in total. The number of anilines is 1. The summed E-state index contributed by atoms with van der Waals surface area (Å²) in [6, 6.07) is 4.67. The van der Waals surface area contributed by atoms with Crippen LogP contribution in [0.25, 0.3) is 0 Å². The predicted molar refractivity (Wildman–Crippen MR) is 65.5 cm³/mol. The molecule has 1 aliphatic rings. The number of benzene rings is 1. The summed E-state index contributed by atoms with van der Waals surface area (Å²) in [4.78, 5) is 0.602. The highest BCUT2D eigenvalue weighted by atomic mass is 32.2. The van der Waals surface area contributed by atoms with E-state index in [1.807, 2.05) is 0 Å². The maximum Gasteiger partial charge on any atom is 0.265 e. The van der Waals surface area contributed by atoms with Gasteiger partial charge < -0.3 is 10.5 Å². The quantitative estimate of drug-likeness (QED) is 0.664. The van der Waals surface area contributed by atoms with Crippen molar-refractivity contribution >= 4 is 17.4 Å². The van der Waals surface area contributed by atoms with Crippen molar-refractivity contribution in [1.82, 2.24) is 0 Å². The monoisotopic (exact) mass is 259 g/mol. The largest absolute Gasteiger partial charge is 0.399 e. The van der Waals surface area contributed by atoms with Crippen LogP contribution >= 0.6 is 11.8 Å². The number of nitrogens with two attached hydrogens (primary N) is 1. The fourth-order valence-corrected chi connectivity index (χ4v) is 2.93. The van der Waals surface area contributed by atoms with Crippen LogP contribution < -0.4 is 5.73 Å². The molecule has 1 aromatic rings. The van der Waals surface area contributed by atoms with Crippen LogP contribution in [0.4, 0.5) is 14.5 Å². The fraction of sp³-hybridized carbons (Fsp3) is 0.500. The van der Waals surface area contributed by atoms with Gasteiger partial charge in [0.05, 0.1) is 6.10 Å². The normalized spacial score (nSPS) is 20.1. The van der Waals surface area contributed by atoms with Crippen molar-refractivity contribution in [3.8, 4) is 0 Å². The number of halogens is 2. The minimum Gasteiger partial charge on any atom is -0.399 e. The molecule has 0 aliphatic carbocycles. The first-order chi connectivity index (χ1) is 8.16. The van der Waals surface area contributed by atoms with Gasteiger partial charge in [-0.15, -0.1) is 11.8 Å². The lowest BCUT2D eigenvalue weighted by Gasteiger charge is -2.12. The maximum atomic E-state index is 12.8. The molecule has 0 bridgehead atoms. The van der Waals surface area contributed by atoms with Crippen LogP contribution in [0.5, 0.6) is 0 Å². The van der Waals surface area contributed by atoms with E-state index >= 15 is 0 Å². The molecule has 17 heavy (non-hydrogen) atoms. The molecule has 0 radical (unpaired) electrons. The van der Waals surface area contributed by atoms with Crippen molar-refractivity contribution in [2.24, 2.45) is 0 Å². The zero-order valence-electron chi connectivity index (χ0n) is 9.36. The van der Waals surface area contributed by atoms with Crippen molar-refractivity contribution in [3.05, 3.63) is 23.8 Å². The first-order valence-corrected chi connectivity index (χ1v) is 6.57. The molecule has 94 valence electrons. The summed E-state index contributed by atoms with van der Waals surface area (Å²) in [6.07, 6.45) is -0.200. The molecule has 1 fully saturated rings. The summed E-state index contributed by atoms with van der Waals surface area (Å²) in [5.41, 5.74) is 5.91. The van der Waals surface area contributed by atoms with Crippen molar-refractivity contribution in [3.63, 3.8) is 0 Å². The molecule has 1 heterocycles. The third-order valence-electron chi connectivity index (χ3n) is 2.72. The molecule has 0 saturated carbocycles. The molecule has 1 atom stereocenters. The standard InChI is InChI=1S/C12H15F2NOS/c13-12(14)10-6-8(15)3-4-11(10)17-7-9-2-1-5-16-9/h3-4,6,9,12H,1-2,5,7,15H2. The third kappa shape index (κ3) is 3.33. The minimum atomic E-state index is -2.48. The third-order valence-corrected chi connectivity index (χ3v) is 3.94. The smallest absolute Gasteiger partial charge is 0.265 e. The fourth-order valence-electron chi connectivity index (χ4n) is 1.83. The Labute approximate surface area is 104 Å². The number of ether oxygens (including phenoxy) is 1. The van der Waals surface area contributed by atoms with E-state index in [0.717, 1.165) is 25.2 Å². The van der Waals surface area contributed by atoms with Crippen molar-refractivity contribution < 1.29 is 13.5 Å². The number of thioether (sulfide) groups is 1. The van der Waals surface area contributed by atoms with Crippen molar-refractivity contribution in [2.45, 2.75) is 30.3 Å². The number of rotatable bonds is 4. The first-order valence-electron chi connectivity index (χ1n) is 5.59. The second kappa shape index (κ2) is 5.69. The van der Waals surface area contributed by atoms with Gasteiger partial charge in [-0.3, -0.25) is 0 Å². The second-order valence-electron chi connectivity index (χ2n) is 4.04. The van der Waals surface area contributed by atoms with Gasteiger partial charge >= 0.3 is 0 Å².